The number of aromatic nitrogens is 2. The highest BCUT2D eigenvalue weighted by molar-refractivity contribution is 5.59. The molecular weight excluding hydrogens is 188 g/mol. The summed E-state index contributed by atoms with van der Waals surface area (Å²) in [4.78, 5) is 26.3. The molecule has 1 aromatic heterocycles. The third kappa shape index (κ3) is 2.36. The first-order valence-electron chi connectivity index (χ1n) is 4.00. The number of nitrogens with one attached hydrogen (secondary N) is 3. The van der Waals surface area contributed by atoms with E-state index in [0.29, 0.717) is 13.2 Å². The minimum atomic E-state index is -0.621. The van der Waals surface area contributed by atoms with Crippen LogP contribution >= 0.6 is 0 Å². The Morgan fingerprint density at radius 2 is 2.14 bits per heavy atom. The van der Waals surface area contributed by atoms with Crippen LogP contribution in [-0.4, -0.2) is 30.2 Å². The van der Waals surface area contributed by atoms with Crippen LogP contribution in [-0.2, 0) is 4.74 Å². The smallest absolute Gasteiger partial charge is 0.327 e. The van der Waals surface area contributed by atoms with Gasteiger partial charge in [0, 0.05) is 13.7 Å². The lowest BCUT2D eigenvalue weighted by atomic mass is 10.4. The molecule has 0 saturated carbocycles. The standard InChI is InChI=1S/C7H12N4O3/c1-14-3-2-9-4-5(8)10-7(13)11-6(4)12/h9H,2-3H2,1H3,(H4,8,10,11,12,13). The summed E-state index contributed by atoms with van der Waals surface area (Å²) in [5, 5.41) is 2.75. The second-order valence-corrected chi connectivity index (χ2v) is 2.62. The molecule has 0 unspecified atom stereocenters. The average Bonchev–Trinajstić information content (AvgIpc) is 2.09. The Bertz CT molecular complexity index is 408. The van der Waals surface area contributed by atoms with Crippen molar-refractivity contribution in [3.63, 3.8) is 0 Å². The van der Waals surface area contributed by atoms with E-state index in [2.05, 4.69) is 15.3 Å². The number of ether oxygens (including phenoxy) is 1. The van der Waals surface area contributed by atoms with Gasteiger partial charge in [0.1, 0.15) is 11.5 Å². The van der Waals surface area contributed by atoms with Crippen molar-refractivity contribution in [2.24, 2.45) is 0 Å². The lowest BCUT2D eigenvalue weighted by molar-refractivity contribution is 0.211. The molecule has 7 nitrogen and oxygen atoms in total. The van der Waals surface area contributed by atoms with E-state index in [-0.39, 0.29) is 11.5 Å². The van der Waals surface area contributed by atoms with Crippen molar-refractivity contribution < 1.29 is 4.74 Å². The van der Waals surface area contributed by atoms with Crippen LogP contribution in [0.15, 0.2) is 9.59 Å². The fourth-order valence-electron chi connectivity index (χ4n) is 0.958. The maximum Gasteiger partial charge on any atom is 0.327 e. The van der Waals surface area contributed by atoms with Crippen molar-refractivity contribution in [3.8, 4) is 0 Å². The van der Waals surface area contributed by atoms with E-state index in [1.54, 1.807) is 7.11 Å². The highest BCUT2D eigenvalue weighted by Crippen LogP contribution is 2.03. The zero-order valence-corrected chi connectivity index (χ0v) is 7.72. The largest absolute Gasteiger partial charge is 0.383 e. The molecule has 0 aliphatic carbocycles. The Kier molecular flexibility index (Phi) is 3.29. The number of methoxy groups -OCH3 is 1. The number of nitrogens with two attached hydrogens (primary N) is 1. The Hall–Kier alpha value is -1.76. The molecule has 5 N–H and O–H groups in total. The van der Waals surface area contributed by atoms with Crippen LogP contribution in [0.3, 0.4) is 0 Å². The summed E-state index contributed by atoms with van der Waals surface area (Å²) < 4.78 is 4.78. The van der Waals surface area contributed by atoms with Gasteiger partial charge < -0.3 is 15.8 Å². The minimum Gasteiger partial charge on any atom is -0.383 e. The molecule has 0 amide bonds. The highest BCUT2D eigenvalue weighted by Gasteiger charge is 2.04. The number of rotatable bonds is 4. The summed E-state index contributed by atoms with van der Waals surface area (Å²) in [7, 11) is 1.54. The van der Waals surface area contributed by atoms with Crippen LogP contribution in [0.4, 0.5) is 11.5 Å². The maximum atomic E-state index is 11.2. The monoisotopic (exact) mass is 200 g/mol. The molecule has 78 valence electrons. The molecule has 0 spiro atoms. The molecule has 0 bridgehead atoms. The fraction of sp³-hybridized carbons (Fsp3) is 0.429. The third-order valence-corrected chi connectivity index (χ3v) is 1.58. The van der Waals surface area contributed by atoms with Crippen molar-refractivity contribution in [3.05, 3.63) is 20.8 Å². The molecule has 0 aliphatic heterocycles. The zero-order valence-electron chi connectivity index (χ0n) is 7.72. The Morgan fingerprint density at radius 3 is 2.71 bits per heavy atom. The van der Waals surface area contributed by atoms with E-state index in [9.17, 15) is 9.59 Å². The van der Waals surface area contributed by atoms with Gasteiger partial charge >= 0.3 is 5.69 Å². The first-order chi connectivity index (χ1) is 6.65. The van der Waals surface area contributed by atoms with Gasteiger partial charge in [-0.05, 0) is 0 Å². The molecule has 0 radical (unpaired) electrons. The Morgan fingerprint density at radius 1 is 1.43 bits per heavy atom. The number of hydrogen-bond acceptors (Lipinski definition) is 5. The van der Waals surface area contributed by atoms with Gasteiger partial charge in [-0.15, -0.1) is 0 Å². The number of hydrogen-bond donors (Lipinski definition) is 4. The summed E-state index contributed by atoms with van der Waals surface area (Å²) in [6, 6.07) is 0. The lowest BCUT2D eigenvalue weighted by Gasteiger charge is -2.05. The quantitative estimate of drug-likeness (QED) is 0.451. The van der Waals surface area contributed by atoms with Gasteiger partial charge in [-0.1, -0.05) is 0 Å². The van der Waals surface area contributed by atoms with Crippen LogP contribution in [0.1, 0.15) is 0 Å². The topological polar surface area (TPSA) is 113 Å². The van der Waals surface area contributed by atoms with Gasteiger partial charge in [-0.25, -0.2) is 4.79 Å². The molecule has 0 saturated heterocycles. The normalized spacial score (nSPS) is 10.1. The SMILES string of the molecule is COCCNc1c(N)[nH]c(=O)[nH]c1=O. The van der Waals surface area contributed by atoms with Crippen LogP contribution in [0.25, 0.3) is 0 Å². The molecular formula is C7H12N4O3. The van der Waals surface area contributed by atoms with Gasteiger partial charge in [-0.2, -0.15) is 0 Å². The van der Waals surface area contributed by atoms with E-state index < -0.39 is 11.2 Å². The fourth-order valence-corrected chi connectivity index (χ4v) is 0.958. The van der Waals surface area contributed by atoms with E-state index >= 15 is 0 Å². The molecule has 1 heterocycles. The van der Waals surface area contributed by atoms with Gasteiger partial charge in [0.15, 0.2) is 0 Å². The summed E-state index contributed by atoms with van der Waals surface area (Å²) in [5.41, 5.74) is 4.42. The first-order valence-corrected chi connectivity index (χ1v) is 4.00. The van der Waals surface area contributed by atoms with Crippen molar-refractivity contribution in [1.82, 2.24) is 9.97 Å². The van der Waals surface area contributed by atoms with E-state index in [0.717, 1.165) is 0 Å². The van der Waals surface area contributed by atoms with Crippen LogP contribution in [0.5, 0.6) is 0 Å². The maximum absolute atomic E-state index is 11.2. The summed E-state index contributed by atoms with van der Waals surface area (Å²) in [5.74, 6) is 0.0230. The highest BCUT2D eigenvalue weighted by atomic mass is 16.5. The van der Waals surface area contributed by atoms with Crippen molar-refractivity contribution in [2.75, 3.05) is 31.3 Å². The van der Waals surface area contributed by atoms with Crippen molar-refractivity contribution in [2.45, 2.75) is 0 Å². The molecule has 0 aliphatic rings. The molecule has 7 heteroatoms. The Labute approximate surface area is 79.3 Å². The number of H-pyrrole nitrogens is 2. The summed E-state index contributed by atoms with van der Waals surface area (Å²) in [6.07, 6.45) is 0. The second-order valence-electron chi connectivity index (χ2n) is 2.62. The summed E-state index contributed by atoms with van der Waals surface area (Å²) in [6.45, 7) is 0.883. The summed E-state index contributed by atoms with van der Waals surface area (Å²) >= 11 is 0. The van der Waals surface area contributed by atoms with Crippen LogP contribution in [0.2, 0.25) is 0 Å². The molecule has 14 heavy (non-hydrogen) atoms. The van der Waals surface area contributed by atoms with Crippen molar-refractivity contribution >= 4 is 11.5 Å². The number of anilines is 2. The second kappa shape index (κ2) is 4.47. The number of aromatic amines is 2. The van der Waals surface area contributed by atoms with Gasteiger partial charge in [0.25, 0.3) is 5.56 Å². The van der Waals surface area contributed by atoms with Gasteiger partial charge in [0.05, 0.1) is 6.61 Å². The first kappa shape index (κ1) is 10.3. The predicted octanol–water partition coefficient (Wildman–Crippen LogP) is -1.30. The zero-order chi connectivity index (χ0) is 10.6. The van der Waals surface area contributed by atoms with Crippen LogP contribution in [0, 0.1) is 0 Å². The predicted molar refractivity (Wildman–Crippen MR) is 52.5 cm³/mol. The molecule has 1 aromatic rings. The minimum absolute atomic E-state index is 0.0230. The molecule has 0 aromatic carbocycles. The van der Waals surface area contributed by atoms with Crippen molar-refractivity contribution in [1.29, 1.82) is 0 Å². The van der Waals surface area contributed by atoms with E-state index in [4.69, 9.17) is 10.5 Å². The van der Waals surface area contributed by atoms with E-state index in [1.165, 1.54) is 0 Å². The van der Waals surface area contributed by atoms with Gasteiger partial charge in [-0.3, -0.25) is 14.8 Å². The third-order valence-electron chi connectivity index (χ3n) is 1.58. The lowest BCUT2D eigenvalue weighted by Crippen LogP contribution is -2.27. The van der Waals surface area contributed by atoms with Gasteiger partial charge in [0.2, 0.25) is 0 Å². The molecule has 1 rings (SSSR count). The van der Waals surface area contributed by atoms with Crippen LogP contribution < -0.4 is 22.3 Å². The van der Waals surface area contributed by atoms with E-state index in [1.807, 2.05) is 0 Å². The average molecular weight is 200 g/mol. The molecule has 0 fully saturated rings. The number of nitrogen functional groups attached to an aromatic ring is 1. The Balaban J connectivity index is 2.86. The molecule has 0 atom stereocenters.